The molecule has 142 valence electrons. The molecular weight excluding hydrogens is 320 g/mol. The van der Waals surface area contributed by atoms with Crippen molar-refractivity contribution in [2.75, 3.05) is 14.2 Å². The van der Waals surface area contributed by atoms with Gasteiger partial charge >= 0.3 is 0 Å². The van der Waals surface area contributed by atoms with Crippen molar-refractivity contribution in [2.24, 2.45) is 0 Å². The Morgan fingerprint density at radius 1 is 0.654 bits per heavy atom. The average molecular weight is 355 g/mol. The molecule has 0 radical (unpaired) electrons. The lowest BCUT2D eigenvalue weighted by atomic mass is 9.77. The molecule has 0 heterocycles. The van der Waals surface area contributed by atoms with Crippen molar-refractivity contribution in [3.05, 3.63) is 59.7 Å². The van der Waals surface area contributed by atoms with Gasteiger partial charge in [-0.15, -0.1) is 0 Å². The van der Waals surface area contributed by atoms with Gasteiger partial charge in [0.25, 0.3) is 0 Å². The molecule has 2 aromatic rings. The SMILES string of the molecule is COc1ccc(C(C)(C)CCCCC(C)(C)c2cccc(OC)c2)cc1. The lowest BCUT2D eigenvalue weighted by Gasteiger charge is -2.28. The van der Waals surface area contributed by atoms with Crippen LogP contribution in [0.4, 0.5) is 0 Å². The van der Waals surface area contributed by atoms with Gasteiger partial charge in [0.2, 0.25) is 0 Å². The van der Waals surface area contributed by atoms with Crippen molar-refractivity contribution in [2.45, 2.75) is 64.2 Å². The van der Waals surface area contributed by atoms with Crippen LogP contribution in [-0.2, 0) is 10.8 Å². The van der Waals surface area contributed by atoms with Crippen molar-refractivity contribution in [3.8, 4) is 11.5 Å². The quantitative estimate of drug-likeness (QED) is 0.477. The molecule has 2 aromatic carbocycles. The van der Waals surface area contributed by atoms with Crippen LogP contribution in [-0.4, -0.2) is 14.2 Å². The molecule has 0 bridgehead atoms. The van der Waals surface area contributed by atoms with E-state index in [2.05, 4.69) is 70.2 Å². The van der Waals surface area contributed by atoms with Crippen LogP contribution in [0.15, 0.2) is 48.5 Å². The molecule has 2 heteroatoms. The van der Waals surface area contributed by atoms with Gasteiger partial charge in [0.15, 0.2) is 0 Å². The minimum Gasteiger partial charge on any atom is -0.497 e. The zero-order chi connectivity index (χ0) is 19.2. The summed E-state index contributed by atoms with van der Waals surface area (Å²) in [5.74, 6) is 1.86. The minimum atomic E-state index is 0.165. The highest BCUT2D eigenvalue weighted by Crippen LogP contribution is 2.34. The molecule has 0 N–H and O–H groups in total. The molecule has 26 heavy (non-hydrogen) atoms. The van der Waals surface area contributed by atoms with E-state index < -0.39 is 0 Å². The van der Waals surface area contributed by atoms with E-state index in [1.165, 1.54) is 36.8 Å². The van der Waals surface area contributed by atoms with Crippen LogP contribution in [0.25, 0.3) is 0 Å². The number of hydrogen-bond acceptors (Lipinski definition) is 2. The Balaban J connectivity index is 1.89. The molecule has 0 atom stereocenters. The number of unbranched alkanes of at least 4 members (excludes halogenated alkanes) is 1. The minimum absolute atomic E-state index is 0.165. The average Bonchev–Trinajstić information content (AvgIpc) is 2.65. The van der Waals surface area contributed by atoms with Crippen molar-refractivity contribution in [1.29, 1.82) is 0 Å². The third-order valence-corrected chi connectivity index (χ3v) is 5.58. The normalized spacial score (nSPS) is 12.1. The summed E-state index contributed by atoms with van der Waals surface area (Å²) in [4.78, 5) is 0. The Kier molecular flexibility index (Phi) is 6.75. The van der Waals surface area contributed by atoms with Gasteiger partial charge in [0, 0.05) is 0 Å². The molecular formula is C24H34O2. The highest BCUT2D eigenvalue weighted by molar-refractivity contribution is 5.33. The van der Waals surface area contributed by atoms with E-state index in [0.717, 1.165) is 11.5 Å². The van der Waals surface area contributed by atoms with Gasteiger partial charge in [-0.3, -0.25) is 0 Å². The maximum Gasteiger partial charge on any atom is 0.119 e. The van der Waals surface area contributed by atoms with Gasteiger partial charge < -0.3 is 9.47 Å². The Hall–Kier alpha value is -1.96. The molecule has 0 saturated heterocycles. The Labute approximate surface area is 159 Å². The number of hydrogen-bond donors (Lipinski definition) is 0. The maximum atomic E-state index is 5.38. The smallest absolute Gasteiger partial charge is 0.119 e. The first kappa shape index (κ1) is 20.4. The van der Waals surface area contributed by atoms with Gasteiger partial charge in [-0.1, -0.05) is 64.8 Å². The van der Waals surface area contributed by atoms with Crippen LogP contribution < -0.4 is 9.47 Å². The summed E-state index contributed by atoms with van der Waals surface area (Å²) in [6, 6.07) is 17.0. The first-order valence-corrected chi connectivity index (χ1v) is 9.57. The van der Waals surface area contributed by atoms with Crippen molar-refractivity contribution < 1.29 is 9.47 Å². The topological polar surface area (TPSA) is 18.5 Å². The molecule has 0 unspecified atom stereocenters. The summed E-state index contributed by atoms with van der Waals surface area (Å²) in [7, 11) is 3.44. The molecule has 0 spiro atoms. The van der Waals surface area contributed by atoms with E-state index >= 15 is 0 Å². The Morgan fingerprint density at radius 2 is 1.19 bits per heavy atom. The van der Waals surface area contributed by atoms with Gasteiger partial charge in [0.05, 0.1) is 14.2 Å². The lowest BCUT2D eigenvalue weighted by molar-refractivity contribution is 0.395. The van der Waals surface area contributed by atoms with Crippen LogP contribution in [0.1, 0.15) is 64.5 Å². The highest BCUT2D eigenvalue weighted by Gasteiger charge is 2.23. The van der Waals surface area contributed by atoms with Crippen LogP contribution in [0.5, 0.6) is 11.5 Å². The molecule has 0 amide bonds. The molecule has 0 aliphatic heterocycles. The first-order chi connectivity index (χ1) is 12.3. The fraction of sp³-hybridized carbons (Fsp3) is 0.500. The van der Waals surface area contributed by atoms with Crippen LogP contribution in [0.2, 0.25) is 0 Å². The molecule has 2 nitrogen and oxygen atoms in total. The second-order valence-electron chi connectivity index (χ2n) is 8.44. The number of methoxy groups -OCH3 is 2. The van der Waals surface area contributed by atoms with Crippen molar-refractivity contribution in [3.63, 3.8) is 0 Å². The van der Waals surface area contributed by atoms with Crippen LogP contribution in [0, 0.1) is 0 Å². The molecule has 0 aliphatic carbocycles. The standard InChI is InChI=1S/C24H34O2/c1-23(2,19-12-14-21(25-5)15-13-19)16-7-8-17-24(3,4)20-10-9-11-22(18-20)26-6/h9-15,18H,7-8,16-17H2,1-6H3. The number of benzene rings is 2. The van der Waals surface area contributed by atoms with E-state index in [0.29, 0.717) is 0 Å². The summed E-state index contributed by atoms with van der Waals surface area (Å²) in [6.45, 7) is 9.33. The second kappa shape index (κ2) is 8.62. The molecule has 0 aliphatic rings. The van der Waals surface area contributed by atoms with Crippen LogP contribution >= 0.6 is 0 Å². The van der Waals surface area contributed by atoms with E-state index in [9.17, 15) is 0 Å². The van der Waals surface area contributed by atoms with Gasteiger partial charge in [-0.2, -0.15) is 0 Å². The molecule has 0 saturated carbocycles. The predicted octanol–water partition coefficient (Wildman–Crippen LogP) is 6.52. The summed E-state index contributed by atoms with van der Waals surface area (Å²) in [6.07, 6.45) is 4.82. The fourth-order valence-corrected chi connectivity index (χ4v) is 3.51. The zero-order valence-corrected chi connectivity index (χ0v) is 17.3. The predicted molar refractivity (Wildman–Crippen MR) is 111 cm³/mol. The van der Waals surface area contributed by atoms with Crippen molar-refractivity contribution in [1.82, 2.24) is 0 Å². The molecule has 0 fully saturated rings. The van der Waals surface area contributed by atoms with E-state index in [1.807, 2.05) is 6.07 Å². The number of ether oxygens (including phenoxy) is 2. The number of rotatable bonds is 9. The third kappa shape index (κ3) is 5.27. The van der Waals surface area contributed by atoms with Gasteiger partial charge in [0.1, 0.15) is 11.5 Å². The van der Waals surface area contributed by atoms with Crippen LogP contribution in [0.3, 0.4) is 0 Å². The molecule has 2 rings (SSSR count). The molecule has 0 aromatic heterocycles. The summed E-state index contributed by atoms with van der Waals surface area (Å²) in [5.41, 5.74) is 3.09. The largest absolute Gasteiger partial charge is 0.497 e. The second-order valence-corrected chi connectivity index (χ2v) is 8.44. The van der Waals surface area contributed by atoms with Crippen molar-refractivity contribution >= 4 is 0 Å². The summed E-state index contributed by atoms with van der Waals surface area (Å²) in [5, 5.41) is 0. The monoisotopic (exact) mass is 354 g/mol. The van der Waals surface area contributed by atoms with E-state index in [-0.39, 0.29) is 10.8 Å². The van der Waals surface area contributed by atoms with Gasteiger partial charge in [-0.05, 0) is 59.1 Å². The highest BCUT2D eigenvalue weighted by atomic mass is 16.5. The summed E-state index contributed by atoms with van der Waals surface area (Å²) >= 11 is 0. The zero-order valence-electron chi connectivity index (χ0n) is 17.3. The van der Waals surface area contributed by atoms with E-state index in [4.69, 9.17) is 9.47 Å². The lowest BCUT2D eigenvalue weighted by Crippen LogP contribution is -2.19. The first-order valence-electron chi connectivity index (χ1n) is 9.57. The maximum absolute atomic E-state index is 5.38. The summed E-state index contributed by atoms with van der Waals surface area (Å²) < 4.78 is 10.6. The Morgan fingerprint density at radius 3 is 1.73 bits per heavy atom. The Bertz CT molecular complexity index is 684. The van der Waals surface area contributed by atoms with E-state index in [1.54, 1.807) is 14.2 Å². The van der Waals surface area contributed by atoms with Gasteiger partial charge in [-0.25, -0.2) is 0 Å². The third-order valence-electron chi connectivity index (χ3n) is 5.58. The fourth-order valence-electron chi connectivity index (χ4n) is 3.51.